The maximum Gasteiger partial charge on any atom is 0.139 e. The zero-order chi connectivity index (χ0) is 9.40. The highest BCUT2D eigenvalue weighted by Gasteiger charge is 2.14. The van der Waals surface area contributed by atoms with Gasteiger partial charge in [0, 0.05) is 11.9 Å². The summed E-state index contributed by atoms with van der Waals surface area (Å²) < 4.78 is 16.8. The third kappa shape index (κ3) is 6.34. The van der Waals surface area contributed by atoms with E-state index in [0.717, 1.165) is 0 Å². The van der Waals surface area contributed by atoms with Crippen LogP contribution in [0.15, 0.2) is 0 Å². The molecule has 0 aromatic rings. The third-order valence-corrected chi connectivity index (χ3v) is 2.80. The summed E-state index contributed by atoms with van der Waals surface area (Å²) in [6, 6.07) is 0. The summed E-state index contributed by atoms with van der Waals surface area (Å²) >= 11 is 6.28. The SMILES string of the molecule is OC(CBr)C(Br)OCCCCF. The molecule has 0 spiro atoms. The zero-order valence-electron chi connectivity index (χ0n) is 6.68. The molecule has 0 heterocycles. The molecular formula is C7H13Br2FO2. The van der Waals surface area contributed by atoms with Crippen molar-refractivity contribution >= 4 is 31.9 Å². The van der Waals surface area contributed by atoms with E-state index in [2.05, 4.69) is 31.9 Å². The molecule has 0 aliphatic rings. The van der Waals surface area contributed by atoms with Crippen molar-refractivity contribution in [2.24, 2.45) is 0 Å². The van der Waals surface area contributed by atoms with Crippen LogP contribution in [0.1, 0.15) is 12.8 Å². The van der Waals surface area contributed by atoms with Gasteiger partial charge in [0.25, 0.3) is 0 Å². The molecule has 0 bridgehead atoms. The van der Waals surface area contributed by atoms with E-state index >= 15 is 0 Å². The maximum atomic E-state index is 11.6. The van der Waals surface area contributed by atoms with Crippen LogP contribution in [0.3, 0.4) is 0 Å². The molecule has 1 N–H and O–H groups in total. The van der Waals surface area contributed by atoms with Gasteiger partial charge in [-0.05, 0) is 12.8 Å². The molecule has 0 aliphatic heterocycles. The second kappa shape index (κ2) is 8.41. The number of aliphatic hydroxyl groups is 1. The van der Waals surface area contributed by atoms with Crippen molar-refractivity contribution in [3.05, 3.63) is 0 Å². The number of hydrogen-bond acceptors (Lipinski definition) is 2. The van der Waals surface area contributed by atoms with Crippen molar-refractivity contribution in [2.45, 2.75) is 24.0 Å². The second-order valence-corrected chi connectivity index (χ2v) is 3.89. The molecule has 2 atom stereocenters. The molecule has 0 amide bonds. The van der Waals surface area contributed by atoms with Gasteiger partial charge in [-0.15, -0.1) is 0 Å². The Balaban J connectivity index is 3.24. The van der Waals surface area contributed by atoms with Gasteiger partial charge in [-0.2, -0.15) is 0 Å². The Morgan fingerprint density at radius 1 is 1.42 bits per heavy atom. The maximum absolute atomic E-state index is 11.6. The molecule has 0 aliphatic carbocycles. The lowest BCUT2D eigenvalue weighted by molar-refractivity contribution is 0.0284. The largest absolute Gasteiger partial charge is 0.389 e. The highest BCUT2D eigenvalue weighted by molar-refractivity contribution is 9.10. The van der Waals surface area contributed by atoms with Crippen LogP contribution >= 0.6 is 31.9 Å². The van der Waals surface area contributed by atoms with E-state index in [0.29, 0.717) is 24.8 Å². The van der Waals surface area contributed by atoms with Crippen LogP contribution in [0.2, 0.25) is 0 Å². The number of halogens is 3. The number of rotatable bonds is 7. The third-order valence-electron chi connectivity index (χ3n) is 1.27. The lowest BCUT2D eigenvalue weighted by Crippen LogP contribution is -2.24. The molecule has 0 aromatic carbocycles. The fourth-order valence-electron chi connectivity index (χ4n) is 0.574. The highest BCUT2D eigenvalue weighted by Crippen LogP contribution is 2.10. The summed E-state index contributed by atoms with van der Waals surface area (Å²) in [6.07, 6.45) is 0.646. The first kappa shape index (κ1) is 12.8. The summed E-state index contributed by atoms with van der Waals surface area (Å²) in [5.41, 5.74) is 0. The molecule has 2 nitrogen and oxygen atoms in total. The van der Waals surface area contributed by atoms with E-state index in [4.69, 9.17) is 4.74 Å². The van der Waals surface area contributed by atoms with Gasteiger partial charge < -0.3 is 9.84 Å². The first-order valence-electron chi connectivity index (χ1n) is 3.78. The number of alkyl halides is 3. The minimum Gasteiger partial charge on any atom is -0.389 e. The minimum atomic E-state index is -0.560. The van der Waals surface area contributed by atoms with Crippen LogP contribution < -0.4 is 0 Å². The Labute approximate surface area is 88.7 Å². The summed E-state index contributed by atoms with van der Waals surface area (Å²) in [6.45, 7) is 0.168. The molecule has 2 unspecified atom stereocenters. The first-order chi connectivity index (χ1) is 5.72. The van der Waals surface area contributed by atoms with Crippen LogP contribution in [-0.2, 0) is 4.74 Å². The van der Waals surface area contributed by atoms with Crippen LogP contribution in [0, 0.1) is 0 Å². The second-order valence-electron chi connectivity index (χ2n) is 2.34. The summed E-state index contributed by atoms with van der Waals surface area (Å²) in [5.74, 6) is 0. The number of ether oxygens (including phenoxy) is 1. The predicted molar refractivity (Wildman–Crippen MR) is 53.7 cm³/mol. The standard InChI is InChI=1S/C7H13Br2FO2/c8-5-6(11)7(9)12-4-2-1-3-10/h6-7,11H,1-5H2. The van der Waals surface area contributed by atoms with Gasteiger partial charge in [0.1, 0.15) is 5.01 Å². The molecule has 5 heteroatoms. The van der Waals surface area contributed by atoms with Gasteiger partial charge in [0.2, 0.25) is 0 Å². The van der Waals surface area contributed by atoms with Gasteiger partial charge in [0.15, 0.2) is 0 Å². The van der Waals surface area contributed by atoms with E-state index in [1.165, 1.54) is 0 Å². The monoisotopic (exact) mass is 306 g/mol. The number of hydrogen-bond donors (Lipinski definition) is 1. The molecule has 0 radical (unpaired) electrons. The van der Waals surface area contributed by atoms with Gasteiger partial charge in [-0.25, -0.2) is 0 Å². The molecule has 74 valence electrons. The fraction of sp³-hybridized carbons (Fsp3) is 1.00. The van der Waals surface area contributed by atoms with Crippen molar-refractivity contribution in [1.82, 2.24) is 0 Å². The Kier molecular flexibility index (Phi) is 8.98. The van der Waals surface area contributed by atoms with Crippen LogP contribution in [0.4, 0.5) is 4.39 Å². The van der Waals surface area contributed by atoms with Crippen LogP contribution in [0.5, 0.6) is 0 Å². The van der Waals surface area contributed by atoms with E-state index in [-0.39, 0.29) is 11.7 Å². The Morgan fingerprint density at radius 2 is 2.08 bits per heavy atom. The molecule has 0 aromatic heterocycles. The van der Waals surface area contributed by atoms with E-state index in [1.54, 1.807) is 0 Å². The summed E-state index contributed by atoms with van der Waals surface area (Å²) in [7, 11) is 0. The quantitative estimate of drug-likeness (QED) is 0.577. The molecule has 12 heavy (non-hydrogen) atoms. The minimum absolute atomic E-state index is 0.308. The lowest BCUT2D eigenvalue weighted by atomic mass is 10.3. The van der Waals surface area contributed by atoms with Gasteiger partial charge >= 0.3 is 0 Å². The van der Waals surface area contributed by atoms with Crippen molar-refractivity contribution < 1.29 is 14.2 Å². The molecule has 0 saturated heterocycles. The highest BCUT2D eigenvalue weighted by atomic mass is 79.9. The number of unbranched alkanes of at least 4 members (excludes halogenated alkanes) is 1. The molecule has 0 saturated carbocycles. The summed E-state index contributed by atoms with van der Waals surface area (Å²) in [5, 5.41) is 9.29. The number of aliphatic hydroxyl groups excluding tert-OH is 1. The molecule has 0 rings (SSSR count). The molecule has 0 fully saturated rings. The Bertz CT molecular complexity index is 105. The van der Waals surface area contributed by atoms with E-state index in [9.17, 15) is 9.50 Å². The van der Waals surface area contributed by atoms with Crippen LogP contribution in [-0.4, -0.2) is 34.8 Å². The van der Waals surface area contributed by atoms with Crippen molar-refractivity contribution in [2.75, 3.05) is 18.6 Å². The fourth-order valence-corrected chi connectivity index (χ4v) is 1.79. The van der Waals surface area contributed by atoms with E-state index < -0.39 is 6.10 Å². The average molecular weight is 308 g/mol. The zero-order valence-corrected chi connectivity index (χ0v) is 9.85. The predicted octanol–water partition coefficient (Wildman–Crippen LogP) is 2.23. The van der Waals surface area contributed by atoms with Crippen molar-refractivity contribution in [3.63, 3.8) is 0 Å². The Morgan fingerprint density at radius 3 is 2.58 bits per heavy atom. The van der Waals surface area contributed by atoms with Gasteiger partial charge in [0.05, 0.1) is 12.8 Å². The normalized spacial score (nSPS) is 16.0. The van der Waals surface area contributed by atoms with Gasteiger partial charge in [-0.3, -0.25) is 4.39 Å². The Hall–Kier alpha value is 0.810. The van der Waals surface area contributed by atoms with Crippen molar-refractivity contribution in [1.29, 1.82) is 0 Å². The topological polar surface area (TPSA) is 29.5 Å². The first-order valence-corrected chi connectivity index (χ1v) is 5.81. The average Bonchev–Trinajstić information content (AvgIpc) is 2.10. The van der Waals surface area contributed by atoms with E-state index in [1.807, 2.05) is 0 Å². The van der Waals surface area contributed by atoms with Crippen LogP contribution in [0.25, 0.3) is 0 Å². The lowest BCUT2D eigenvalue weighted by Gasteiger charge is -2.15. The van der Waals surface area contributed by atoms with Crippen molar-refractivity contribution in [3.8, 4) is 0 Å². The summed E-state index contributed by atoms with van der Waals surface area (Å²) in [4.78, 5) is 0. The van der Waals surface area contributed by atoms with Gasteiger partial charge in [-0.1, -0.05) is 31.9 Å². The molecular weight excluding hydrogens is 295 g/mol. The smallest absolute Gasteiger partial charge is 0.139 e.